The van der Waals surface area contributed by atoms with Crippen LogP contribution in [-0.4, -0.2) is 23.7 Å². The van der Waals surface area contributed by atoms with Crippen molar-refractivity contribution in [3.8, 4) is 0 Å². The normalized spacial score (nSPS) is 35.0. The summed E-state index contributed by atoms with van der Waals surface area (Å²) in [4.78, 5) is 0. The Morgan fingerprint density at radius 2 is 1.35 bits per heavy atom. The second kappa shape index (κ2) is 6.58. The highest BCUT2D eigenvalue weighted by molar-refractivity contribution is 6.47. The molecule has 1 aliphatic heterocycles. The zero-order chi connectivity index (χ0) is 14.8. The molecule has 2 rings (SSSR count). The molecule has 116 valence electrons. The first kappa shape index (κ1) is 16.6. The zero-order valence-electron chi connectivity index (χ0n) is 13.6. The van der Waals surface area contributed by atoms with Crippen LogP contribution in [0.3, 0.4) is 0 Å². The van der Waals surface area contributed by atoms with Crippen LogP contribution in [0.5, 0.6) is 0 Å². The smallest absolute Gasteiger partial charge is 0.403 e. The molecular formula is C16H30BClO2. The summed E-state index contributed by atoms with van der Waals surface area (Å²) in [6, 6.07) is 0. The molecule has 2 unspecified atom stereocenters. The van der Waals surface area contributed by atoms with Crippen molar-refractivity contribution in [2.24, 2.45) is 0 Å². The third-order valence-electron chi connectivity index (χ3n) is 5.35. The SMILES string of the molecule is CC1(C)OB(C2CCCCCCC(Cl)CC2)OC1(C)C. The van der Waals surface area contributed by atoms with Crippen LogP contribution in [-0.2, 0) is 9.31 Å². The molecule has 1 aliphatic carbocycles. The lowest BCUT2D eigenvalue weighted by Gasteiger charge is -2.32. The average Bonchev–Trinajstić information content (AvgIpc) is 2.57. The van der Waals surface area contributed by atoms with E-state index < -0.39 is 0 Å². The molecule has 0 aromatic rings. The monoisotopic (exact) mass is 300 g/mol. The molecule has 2 fully saturated rings. The van der Waals surface area contributed by atoms with Gasteiger partial charge in [-0.3, -0.25) is 0 Å². The zero-order valence-corrected chi connectivity index (χ0v) is 14.3. The topological polar surface area (TPSA) is 18.5 Å². The Kier molecular flexibility index (Phi) is 5.48. The maximum atomic E-state index is 6.42. The van der Waals surface area contributed by atoms with Crippen LogP contribution in [0.4, 0.5) is 0 Å². The maximum Gasteiger partial charge on any atom is 0.461 e. The van der Waals surface area contributed by atoms with Crippen molar-refractivity contribution in [2.45, 2.75) is 101 Å². The Morgan fingerprint density at radius 3 is 1.95 bits per heavy atom. The molecule has 20 heavy (non-hydrogen) atoms. The van der Waals surface area contributed by atoms with Gasteiger partial charge in [0, 0.05) is 5.38 Å². The molecule has 4 heteroatoms. The summed E-state index contributed by atoms with van der Waals surface area (Å²) in [5.74, 6) is 0.496. The molecule has 0 radical (unpaired) electrons. The van der Waals surface area contributed by atoms with E-state index in [-0.39, 0.29) is 18.3 Å². The molecule has 0 aromatic carbocycles. The van der Waals surface area contributed by atoms with E-state index in [0.29, 0.717) is 11.2 Å². The number of hydrogen-bond donors (Lipinski definition) is 0. The number of alkyl halides is 1. The van der Waals surface area contributed by atoms with Crippen LogP contribution >= 0.6 is 11.6 Å². The van der Waals surface area contributed by atoms with E-state index in [1.165, 1.54) is 32.1 Å². The highest BCUT2D eigenvalue weighted by Gasteiger charge is 2.53. The van der Waals surface area contributed by atoms with Gasteiger partial charge in [0.05, 0.1) is 11.2 Å². The molecule has 0 aromatic heterocycles. The molecule has 2 atom stereocenters. The Bertz CT molecular complexity index is 304. The fraction of sp³-hybridized carbons (Fsp3) is 1.00. The number of rotatable bonds is 1. The summed E-state index contributed by atoms with van der Waals surface area (Å²) >= 11 is 6.42. The first-order chi connectivity index (χ1) is 9.32. The number of halogens is 1. The van der Waals surface area contributed by atoms with E-state index in [0.717, 1.165) is 19.3 Å². The summed E-state index contributed by atoms with van der Waals surface area (Å²) in [5, 5.41) is 0.332. The predicted molar refractivity (Wildman–Crippen MR) is 86.4 cm³/mol. The van der Waals surface area contributed by atoms with E-state index >= 15 is 0 Å². The fourth-order valence-electron chi connectivity index (χ4n) is 3.16. The maximum absolute atomic E-state index is 6.42. The van der Waals surface area contributed by atoms with Crippen molar-refractivity contribution in [1.82, 2.24) is 0 Å². The van der Waals surface area contributed by atoms with Crippen LogP contribution < -0.4 is 0 Å². The molecule has 0 bridgehead atoms. The van der Waals surface area contributed by atoms with Crippen molar-refractivity contribution in [3.05, 3.63) is 0 Å². The van der Waals surface area contributed by atoms with E-state index in [2.05, 4.69) is 27.7 Å². The van der Waals surface area contributed by atoms with Crippen LogP contribution in [0.25, 0.3) is 0 Å². The van der Waals surface area contributed by atoms with Gasteiger partial charge in [0.2, 0.25) is 0 Å². The van der Waals surface area contributed by atoms with Crippen molar-refractivity contribution >= 4 is 18.7 Å². The molecule has 0 spiro atoms. The second-order valence-electron chi connectivity index (χ2n) is 7.55. The summed E-state index contributed by atoms with van der Waals surface area (Å²) in [7, 11) is -0.0525. The quantitative estimate of drug-likeness (QED) is 0.490. The summed E-state index contributed by atoms with van der Waals surface area (Å²) in [5.41, 5.74) is -0.430. The van der Waals surface area contributed by atoms with Crippen molar-refractivity contribution in [3.63, 3.8) is 0 Å². The molecule has 2 aliphatic rings. The minimum Gasteiger partial charge on any atom is -0.403 e. The van der Waals surface area contributed by atoms with Gasteiger partial charge in [0.1, 0.15) is 0 Å². The van der Waals surface area contributed by atoms with Gasteiger partial charge in [0.15, 0.2) is 0 Å². The minimum atomic E-state index is -0.215. The van der Waals surface area contributed by atoms with Gasteiger partial charge < -0.3 is 9.31 Å². The highest BCUT2D eigenvalue weighted by atomic mass is 35.5. The second-order valence-corrected chi connectivity index (χ2v) is 8.17. The summed E-state index contributed by atoms with van der Waals surface area (Å²) in [6.45, 7) is 8.55. The van der Waals surface area contributed by atoms with Crippen molar-refractivity contribution in [2.75, 3.05) is 0 Å². The molecule has 2 nitrogen and oxygen atoms in total. The van der Waals surface area contributed by atoms with E-state index in [1.54, 1.807) is 0 Å². The molecule has 1 heterocycles. The summed E-state index contributed by atoms with van der Waals surface area (Å²) in [6.07, 6.45) is 9.81. The van der Waals surface area contributed by atoms with Crippen LogP contribution in [0.15, 0.2) is 0 Å². The largest absolute Gasteiger partial charge is 0.461 e. The molecule has 1 saturated carbocycles. The first-order valence-corrected chi connectivity index (χ1v) is 8.75. The molecular weight excluding hydrogens is 270 g/mol. The van der Waals surface area contributed by atoms with Gasteiger partial charge in [-0.2, -0.15) is 0 Å². The predicted octanol–water partition coefficient (Wildman–Crippen LogP) is 5.19. The molecule has 1 saturated heterocycles. The Labute approximate surface area is 130 Å². The highest BCUT2D eigenvalue weighted by Crippen LogP contribution is 2.43. The van der Waals surface area contributed by atoms with Gasteiger partial charge in [-0.05, 0) is 46.4 Å². The Morgan fingerprint density at radius 1 is 0.800 bits per heavy atom. The van der Waals surface area contributed by atoms with Crippen molar-refractivity contribution < 1.29 is 9.31 Å². The first-order valence-electron chi connectivity index (χ1n) is 8.31. The lowest BCUT2D eigenvalue weighted by atomic mass is 9.66. The van der Waals surface area contributed by atoms with E-state index in [4.69, 9.17) is 20.9 Å². The van der Waals surface area contributed by atoms with E-state index in [9.17, 15) is 0 Å². The average molecular weight is 301 g/mol. The standard InChI is InChI=1S/C16H30BClO2/c1-15(2)16(3,4)20-17(19-15)13-9-7-5-6-8-10-14(18)12-11-13/h13-14H,5-12H2,1-4H3. The Hall–Kier alpha value is 0.275. The number of hydrogen-bond acceptors (Lipinski definition) is 2. The van der Waals surface area contributed by atoms with Crippen LogP contribution in [0.1, 0.15) is 79.1 Å². The summed E-state index contributed by atoms with van der Waals surface area (Å²) < 4.78 is 12.5. The molecule has 0 N–H and O–H groups in total. The van der Waals surface area contributed by atoms with Gasteiger partial charge in [-0.1, -0.05) is 38.5 Å². The van der Waals surface area contributed by atoms with Crippen molar-refractivity contribution in [1.29, 1.82) is 0 Å². The Balaban J connectivity index is 1.98. The molecule has 0 amide bonds. The van der Waals surface area contributed by atoms with Crippen LogP contribution in [0.2, 0.25) is 5.82 Å². The van der Waals surface area contributed by atoms with Gasteiger partial charge in [-0.15, -0.1) is 11.6 Å². The van der Waals surface area contributed by atoms with E-state index in [1.807, 2.05) is 0 Å². The third kappa shape index (κ3) is 3.93. The van der Waals surface area contributed by atoms with Gasteiger partial charge in [-0.25, -0.2) is 0 Å². The minimum absolute atomic E-state index is 0.0525. The lowest BCUT2D eigenvalue weighted by molar-refractivity contribution is 0.00578. The van der Waals surface area contributed by atoms with Gasteiger partial charge in [0.25, 0.3) is 0 Å². The fourth-order valence-corrected chi connectivity index (χ4v) is 3.44. The van der Waals surface area contributed by atoms with Crippen LogP contribution in [0, 0.1) is 0 Å². The lowest BCUT2D eigenvalue weighted by Crippen LogP contribution is -2.41. The third-order valence-corrected chi connectivity index (χ3v) is 5.79. The van der Waals surface area contributed by atoms with Gasteiger partial charge >= 0.3 is 7.12 Å².